The molecular weight excluding hydrogens is 302 g/mol. The van der Waals surface area contributed by atoms with Gasteiger partial charge in [-0.15, -0.1) is 0 Å². The molecule has 1 aromatic heterocycles. The Morgan fingerprint density at radius 2 is 1.96 bits per heavy atom. The fourth-order valence-electron chi connectivity index (χ4n) is 2.57. The van der Waals surface area contributed by atoms with Crippen molar-refractivity contribution in [3.8, 4) is 0 Å². The van der Waals surface area contributed by atoms with Crippen molar-refractivity contribution in [1.29, 1.82) is 0 Å². The van der Waals surface area contributed by atoms with Gasteiger partial charge in [-0.05, 0) is 45.4 Å². The Morgan fingerprint density at radius 3 is 2.58 bits per heavy atom. The predicted molar refractivity (Wildman–Crippen MR) is 95.7 cm³/mol. The van der Waals surface area contributed by atoms with Crippen molar-refractivity contribution in [2.75, 3.05) is 13.2 Å². The van der Waals surface area contributed by atoms with Crippen LogP contribution >= 0.6 is 0 Å². The maximum atomic E-state index is 10.3. The minimum Gasteiger partial charge on any atom is -0.468 e. The number of hydrogen-bond donors (Lipinski definition) is 1. The summed E-state index contributed by atoms with van der Waals surface area (Å²) in [6, 6.07) is 12.3. The second kappa shape index (κ2) is 8.47. The first kappa shape index (κ1) is 18.7. The number of nitrogens with zero attached hydrogens (tertiary/aromatic N) is 1. The van der Waals surface area contributed by atoms with Gasteiger partial charge in [-0.3, -0.25) is 4.90 Å². The SMILES string of the molecule is Cc1cccc(CN(Cc2ccco2)C[C@@H](O)COC(C)(C)C)c1. The van der Waals surface area contributed by atoms with Crippen LogP contribution in [-0.4, -0.2) is 34.9 Å². The standard InChI is InChI=1S/C20H29NO3/c1-16-7-5-8-17(11-16)12-21(14-19-9-6-10-23-19)13-18(22)15-24-20(2,3)4/h5-11,18,22H,12-15H2,1-4H3/t18-/m1/s1. The summed E-state index contributed by atoms with van der Waals surface area (Å²) in [6.07, 6.45) is 1.14. The Morgan fingerprint density at radius 1 is 1.17 bits per heavy atom. The molecule has 0 saturated heterocycles. The number of aryl methyl sites for hydroxylation is 1. The van der Waals surface area contributed by atoms with Gasteiger partial charge in [-0.25, -0.2) is 0 Å². The molecule has 0 fully saturated rings. The summed E-state index contributed by atoms with van der Waals surface area (Å²) in [5.41, 5.74) is 2.22. The van der Waals surface area contributed by atoms with Crippen LogP contribution in [0.5, 0.6) is 0 Å². The van der Waals surface area contributed by atoms with E-state index in [1.807, 2.05) is 32.9 Å². The first-order valence-electron chi connectivity index (χ1n) is 8.44. The lowest BCUT2D eigenvalue weighted by molar-refractivity contribution is -0.0576. The van der Waals surface area contributed by atoms with Gasteiger partial charge in [0.2, 0.25) is 0 Å². The molecule has 4 heteroatoms. The smallest absolute Gasteiger partial charge is 0.117 e. The molecule has 1 N–H and O–H groups in total. The van der Waals surface area contributed by atoms with Crippen molar-refractivity contribution in [2.45, 2.75) is 52.5 Å². The summed E-state index contributed by atoms with van der Waals surface area (Å²) in [4.78, 5) is 2.18. The second-order valence-electron chi connectivity index (χ2n) is 7.32. The number of furan rings is 1. The molecule has 0 saturated carbocycles. The maximum Gasteiger partial charge on any atom is 0.117 e. The molecule has 1 aromatic carbocycles. The third-order valence-electron chi connectivity index (χ3n) is 3.63. The third kappa shape index (κ3) is 6.87. The molecule has 2 rings (SSSR count). The molecule has 0 radical (unpaired) electrons. The number of ether oxygens (including phenoxy) is 1. The number of aliphatic hydroxyl groups excluding tert-OH is 1. The summed E-state index contributed by atoms with van der Waals surface area (Å²) < 4.78 is 11.2. The van der Waals surface area contributed by atoms with E-state index in [0.29, 0.717) is 19.7 Å². The monoisotopic (exact) mass is 331 g/mol. The Bertz CT molecular complexity index is 602. The van der Waals surface area contributed by atoms with Gasteiger partial charge in [0, 0.05) is 13.1 Å². The fourth-order valence-corrected chi connectivity index (χ4v) is 2.57. The van der Waals surface area contributed by atoms with Crippen molar-refractivity contribution in [2.24, 2.45) is 0 Å². The Hall–Kier alpha value is -1.62. The van der Waals surface area contributed by atoms with Gasteiger partial charge >= 0.3 is 0 Å². The van der Waals surface area contributed by atoms with E-state index in [2.05, 4.69) is 36.1 Å². The van der Waals surface area contributed by atoms with Gasteiger partial charge in [-0.2, -0.15) is 0 Å². The van der Waals surface area contributed by atoms with Crippen molar-refractivity contribution < 1.29 is 14.3 Å². The lowest BCUT2D eigenvalue weighted by Crippen LogP contribution is -2.36. The molecule has 0 amide bonds. The van der Waals surface area contributed by atoms with Crippen LogP contribution in [0.15, 0.2) is 47.1 Å². The molecule has 2 aromatic rings. The van der Waals surface area contributed by atoms with E-state index in [0.717, 1.165) is 12.3 Å². The molecule has 0 bridgehead atoms. The molecular formula is C20H29NO3. The zero-order valence-corrected chi connectivity index (χ0v) is 15.2. The summed E-state index contributed by atoms with van der Waals surface area (Å²) in [6.45, 7) is 10.3. The van der Waals surface area contributed by atoms with Crippen LogP contribution in [0.3, 0.4) is 0 Å². The predicted octanol–water partition coefficient (Wildman–Crippen LogP) is 3.77. The average Bonchev–Trinajstić information content (AvgIpc) is 2.97. The molecule has 4 nitrogen and oxygen atoms in total. The number of rotatable bonds is 8. The molecule has 24 heavy (non-hydrogen) atoms. The molecule has 0 aliphatic rings. The Kier molecular flexibility index (Phi) is 6.60. The van der Waals surface area contributed by atoms with E-state index < -0.39 is 6.10 Å². The molecule has 0 unspecified atom stereocenters. The number of benzene rings is 1. The topological polar surface area (TPSA) is 45.8 Å². The largest absolute Gasteiger partial charge is 0.468 e. The van der Waals surface area contributed by atoms with Crippen LogP contribution in [0.1, 0.15) is 37.7 Å². The Labute approximate surface area is 145 Å². The fraction of sp³-hybridized carbons (Fsp3) is 0.500. The zero-order valence-electron chi connectivity index (χ0n) is 15.2. The van der Waals surface area contributed by atoms with Crippen LogP contribution in [0.25, 0.3) is 0 Å². The van der Waals surface area contributed by atoms with Crippen LogP contribution in [-0.2, 0) is 17.8 Å². The quantitative estimate of drug-likeness (QED) is 0.800. The molecule has 0 aliphatic carbocycles. The van der Waals surface area contributed by atoms with Gasteiger partial charge in [0.05, 0.1) is 31.1 Å². The number of hydrogen-bond acceptors (Lipinski definition) is 4. The summed E-state index contributed by atoms with van der Waals surface area (Å²) in [5.74, 6) is 0.895. The van der Waals surface area contributed by atoms with Crippen molar-refractivity contribution in [3.63, 3.8) is 0 Å². The molecule has 0 spiro atoms. The van der Waals surface area contributed by atoms with E-state index in [1.165, 1.54) is 11.1 Å². The minimum absolute atomic E-state index is 0.247. The first-order valence-corrected chi connectivity index (χ1v) is 8.44. The summed E-state index contributed by atoms with van der Waals surface area (Å²) in [5, 5.41) is 10.3. The summed E-state index contributed by atoms with van der Waals surface area (Å²) >= 11 is 0. The molecule has 132 valence electrons. The minimum atomic E-state index is -0.538. The molecule has 0 aliphatic heterocycles. The molecule has 1 heterocycles. The highest BCUT2D eigenvalue weighted by Gasteiger charge is 2.17. The lowest BCUT2D eigenvalue weighted by Gasteiger charge is -2.27. The Balaban J connectivity index is 1.99. The normalized spacial score (nSPS) is 13.4. The lowest BCUT2D eigenvalue weighted by atomic mass is 10.1. The van der Waals surface area contributed by atoms with E-state index in [9.17, 15) is 5.11 Å². The van der Waals surface area contributed by atoms with E-state index in [4.69, 9.17) is 9.15 Å². The summed E-state index contributed by atoms with van der Waals surface area (Å²) in [7, 11) is 0. The average molecular weight is 331 g/mol. The third-order valence-corrected chi connectivity index (χ3v) is 3.63. The highest BCUT2D eigenvalue weighted by atomic mass is 16.5. The van der Waals surface area contributed by atoms with Gasteiger partial charge in [0.15, 0.2) is 0 Å². The van der Waals surface area contributed by atoms with Crippen molar-refractivity contribution >= 4 is 0 Å². The van der Waals surface area contributed by atoms with Crippen molar-refractivity contribution in [1.82, 2.24) is 4.90 Å². The van der Waals surface area contributed by atoms with Crippen LogP contribution in [0.2, 0.25) is 0 Å². The highest BCUT2D eigenvalue weighted by Crippen LogP contribution is 2.14. The van der Waals surface area contributed by atoms with Gasteiger partial charge in [0.25, 0.3) is 0 Å². The highest BCUT2D eigenvalue weighted by molar-refractivity contribution is 5.22. The van der Waals surface area contributed by atoms with E-state index in [-0.39, 0.29) is 5.60 Å². The first-order chi connectivity index (χ1) is 11.3. The van der Waals surface area contributed by atoms with E-state index >= 15 is 0 Å². The zero-order chi connectivity index (χ0) is 17.6. The molecule has 1 atom stereocenters. The second-order valence-corrected chi connectivity index (χ2v) is 7.32. The van der Waals surface area contributed by atoms with Crippen molar-refractivity contribution in [3.05, 3.63) is 59.5 Å². The van der Waals surface area contributed by atoms with Crippen LogP contribution < -0.4 is 0 Å². The van der Waals surface area contributed by atoms with Gasteiger partial charge in [0.1, 0.15) is 5.76 Å². The van der Waals surface area contributed by atoms with Gasteiger partial charge in [-0.1, -0.05) is 29.8 Å². The maximum absolute atomic E-state index is 10.3. The van der Waals surface area contributed by atoms with Gasteiger partial charge < -0.3 is 14.3 Å². The number of aliphatic hydroxyl groups is 1. The van der Waals surface area contributed by atoms with Crippen LogP contribution in [0.4, 0.5) is 0 Å². The van der Waals surface area contributed by atoms with Crippen LogP contribution in [0, 0.1) is 6.92 Å². The van der Waals surface area contributed by atoms with E-state index in [1.54, 1.807) is 6.26 Å².